The lowest BCUT2D eigenvalue weighted by molar-refractivity contribution is -0.136. The molecule has 0 radical (unpaired) electrons. The molecule has 5 aromatic rings. The van der Waals surface area contributed by atoms with Crippen LogP contribution in [0, 0.1) is 20.8 Å². The number of aliphatic imine (C=N–C) groups is 1. The van der Waals surface area contributed by atoms with E-state index in [1.807, 2.05) is 35.8 Å². The lowest BCUT2D eigenvalue weighted by Gasteiger charge is -2.27. The molecule has 2 N–H and O–H groups in total. The largest absolute Gasteiger partial charge is 0.491 e. The van der Waals surface area contributed by atoms with E-state index >= 15 is 0 Å². The van der Waals surface area contributed by atoms with Crippen molar-refractivity contribution in [3.05, 3.63) is 116 Å². The summed E-state index contributed by atoms with van der Waals surface area (Å²) in [5, 5.41) is 15.7. The molecule has 18 nitrogen and oxygen atoms in total. The average Bonchev–Trinajstić information content (AvgIpc) is 3.90. The van der Waals surface area contributed by atoms with E-state index in [2.05, 4.69) is 34.7 Å². The van der Waals surface area contributed by atoms with Crippen LogP contribution in [0.5, 0.6) is 11.5 Å². The van der Waals surface area contributed by atoms with Gasteiger partial charge in [-0.15, -0.1) is 21.5 Å². The topological polar surface area (TPSA) is 211 Å². The van der Waals surface area contributed by atoms with E-state index < -0.39 is 35.7 Å². The van der Waals surface area contributed by atoms with E-state index in [1.54, 1.807) is 47.7 Å². The second-order valence-corrected chi connectivity index (χ2v) is 17.6. The number of piperidine rings is 1. The first-order valence-electron chi connectivity index (χ1n) is 22.2. The summed E-state index contributed by atoms with van der Waals surface area (Å²) >= 11 is 7.90. The van der Waals surface area contributed by atoms with Crippen molar-refractivity contribution in [3.63, 3.8) is 0 Å². The molecule has 1 saturated heterocycles. The highest BCUT2D eigenvalue weighted by molar-refractivity contribution is 7.15. The number of hydrogen-bond acceptors (Lipinski definition) is 15. The lowest BCUT2D eigenvalue weighted by atomic mass is 9.99. The minimum Gasteiger partial charge on any atom is -0.491 e. The number of hydrogen-bond donors (Lipinski definition) is 2. The lowest BCUT2D eigenvalue weighted by Crippen LogP contribution is -2.54. The monoisotopic (exact) mass is 967 g/mol. The Balaban J connectivity index is 0.676. The van der Waals surface area contributed by atoms with Crippen LogP contribution in [-0.2, 0) is 33.3 Å². The summed E-state index contributed by atoms with van der Waals surface area (Å²) in [6.45, 7) is 9.25. The highest BCUT2D eigenvalue weighted by Gasteiger charge is 2.46. The van der Waals surface area contributed by atoms with Crippen LogP contribution in [0.1, 0.15) is 79.2 Å². The van der Waals surface area contributed by atoms with Gasteiger partial charge in [-0.1, -0.05) is 29.8 Å². The fourth-order valence-electron chi connectivity index (χ4n) is 7.95. The Kier molecular flexibility index (Phi) is 15.7. The molecular weight excluding hydrogens is 918 g/mol. The third-order valence-corrected chi connectivity index (χ3v) is 12.8. The molecule has 0 bridgehead atoms. The molecule has 2 atom stereocenters. The maximum absolute atomic E-state index is 13.5. The number of aromatic nitrogens is 3. The van der Waals surface area contributed by atoms with Crippen molar-refractivity contribution >= 4 is 63.9 Å². The second kappa shape index (κ2) is 22.2. The molecule has 5 amide bonds. The standard InChI is InChI=1S/C48H50ClN7O11S/c1-28-29(2)68-48-41(28)43(31-7-9-32(49)10-8-31)51-36(44-54-53-30(3)55(44)48)27-40(58)50-33-11-13-34(14-12-33)66-25-23-64-21-19-62-17-18-63-20-22-65-24-26-67-38-6-4-5-35-42(38)47(61)56(46(35)60)37-15-16-39(57)52-45(37)59/h4-14,36-37H,15-27H2,1-3H3,(H,50,58)(H,52,57,59)/t36-,37?/m0/s1. The second-order valence-electron chi connectivity index (χ2n) is 16.0. The van der Waals surface area contributed by atoms with E-state index in [1.165, 1.54) is 10.9 Å². The number of ether oxygens (including phenoxy) is 6. The van der Waals surface area contributed by atoms with Crippen LogP contribution in [0.15, 0.2) is 71.7 Å². The summed E-state index contributed by atoms with van der Waals surface area (Å²) < 4.78 is 35.9. The molecule has 0 saturated carbocycles. The average molecular weight is 968 g/mol. The zero-order valence-corrected chi connectivity index (χ0v) is 39.3. The predicted molar refractivity (Wildman–Crippen MR) is 250 cm³/mol. The Hall–Kier alpha value is -6.35. The number of nitrogens with one attached hydrogen (secondary N) is 2. The van der Waals surface area contributed by atoms with Crippen LogP contribution in [0.2, 0.25) is 5.02 Å². The third-order valence-electron chi connectivity index (χ3n) is 11.4. The highest BCUT2D eigenvalue weighted by atomic mass is 35.5. The van der Waals surface area contributed by atoms with Gasteiger partial charge in [-0.3, -0.25) is 43.7 Å². The predicted octanol–water partition coefficient (Wildman–Crippen LogP) is 5.75. The van der Waals surface area contributed by atoms with Crippen LogP contribution < -0.4 is 20.1 Å². The van der Waals surface area contributed by atoms with Gasteiger partial charge in [0, 0.05) is 33.1 Å². The maximum atomic E-state index is 13.5. The number of rotatable bonds is 22. The maximum Gasteiger partial charge on any atom is 0.266 e. The highest BCUT2D eigenvalue weighted by Crippen LogP contribution is 2.40. The van der Waals surface area contributed by atoms with Crippen molar-refractivity contribution in [1.82, 2.24) is 25.0 Å². The van der Waals surface area contributed by atoms with Crippen molar-refractivity contribution in [2.45, 2.75) is 52.1 Å². The fraction of sp³-hybridized carbons (Fsp3) is 0.375. The summed E-state index contributed by atoms with van der Waals surface area (Å²) in [6, 6.07) is 17.8. The number of thiophene rings is 1. The molecular formula is C48H50ClN7O11S. The fourth-order valence-corrected chi connectivity index (χ4v) is 9.29. The number of carbonyl (C=O) groups excluding carboxylic acids is 5. The SMILES string of the molecule is Cc1sc2c(c1C)C(c1ccc(Cl)cc1)=N[C@@H](CC(=O)Nc1ccc(OCCOCCOCCOCCOCCOc3cccc4c3C(=O)N(C3CCC(=O)NC3=O)C4=O)cc1)c1nnc(C)n1-2. The molecule has 1 unspecified atom stereocenters. The minimum absolute atomic E-state index is 0.0402. The van der Waals surface area contributed by atoms with Gasteiger partial charge in [0.15, 0.2) is 5.82 Å². The number of anilines is 1. The summed E-state index contributed by atoms with van der Waals surface area (Å²) in [6.07, 6.45) is 0.164. The van der Waals surface area contributed by atoms with Gasteiger partial charge in [0.25, 0.3) is 11.8 Å². The zero-order chi connectivity index (χ0) is 47.7. The van der Waals surface area contributed by atoms with Crippen LogP contribution in [0.4, 0.5) is 5.69 Å². The Labute approximate surface area is 400 Å². The van der Waals surface area contributed by atoms with Crippen LogP contribution in [0.3, 0.4) is 0 Å². The number of halogens is 1. The van der Waals surface area contributed by atoms with Crippen molar-refractivity contribution in [1.29, 1.82) is 0 Å². The van der Waals surface area contributed by atoms with Gasteiger partial charge >= 0.3 is 0 Å². The van der Waals surface area contributed by atoms with Crippen LogP contribution >= 0.6 is 22.9 Å². The van der Waals surface area contributed by atoms with Gasteiger partial charge in [0.05, 0.1) is 76.1 Å². The van der Waals surface area contributed by atoms with Crippen molar-refractivity contribution in [2.24, 2.45) is 4.99 Å². The van der Waals surface area contributed by atoms with E-state index in [0.717, 1.165) is 38.1 Å². The number of amides is 5. The van der Waals surface area contributed by atoms with Gasteiger partial charge < -0.3 is 33.7 Å². The molecule has 5 heterocycles. The molecule has 0 aliphatic carbocycles. The van der Waals surface area contributed by atoms with Crippen molar-refractivity contribution in [3.8, 4) is 16.5 Å². The van der Waals surface area contributed by atoms with Gasteiger partial charge in [-0.05, 0) is 81.3 Å². The Morgan fingerprint density at radius 2 is 1.43 bits per heavy atom. The molecule has 68 heavy (non-hydrogen) atoms. The third kappa shape index (κ3) is 11.0. The first-order valence-corrected chi connectivity index (χ1v) is 23.4. The normalized spacial score (nSPS) is 16.5. The zero-order valence-electron chi connectivity index (χ0n) is 37.7. The van der Waals surface area contributed by atoms with Gasteiger partial charge in [-0.25, -0.2) is 0 Å². The van der Waals surface area contributed by atoms with Gasteiger partial charge in [0.2, 0.25) is 17.7 Å². The number of imide groups is 2. The molecule has 2 aromatic heterocycles. The van der Waals surface area contributed by atoms with Crippen LogP contribution in [-0.4, -0.2) is 127 Å². The summed E-state index contributed by atoms with van der Waals surface area (Å²) in [5.74, 6) is -0.382. The Morgan fingerprint density at radius 1 is 0.779 bits per heavy atom. The smallest absolute Gasteiger partial charge is 0.266 e. The first-order chi connectivity index (χ1) is 33.0. The Bertz CT molecular complexity index is 2700. The number of benzene rings is 3. The molecule has 3 aliphatic rings. The van der Waals surface area contributed by atoms with E-state index in [-0.39, 0.29) is 55.3 Å². The number of fused-ring (bicyclic) bond motifs is 4. The molecule has 1 fully saturated rings. The van der Waals surface area contributed by atoms with Gasteiger partial charge in [-0.2, -0.15) is 0 Å². The molecule has 3 aliphatic heterocycles. The summed E-state index contributed by atoms with van der Waals surface area (Å²) in [7, 11) is 0. The van der Waals surface area contributed by atoms with Gasteiger partial charge in [0.1, 0.15) is 47.6 Å². The molecule has 356 valence electrons. The quantitative estimate of drug-likeness (QED) is 0.0626. The number of nitrogens with zero attached hydrogens (tertiary/aromatic N) is 5. The van der Waals surface area contributed by atoms with Crippen LogP contribution in [0.25, 0.3) is 5.00 Å². The van der Waals surface area contributed by atoms with E-state index in [9.17, 15) is 24.0 Å². The summed E-state index contributed by atoms with van der Waals surface area (Å²) in [5.41, 5.74) is 4.66. The first kappa shape index (κ1) is 48.1. The molecule has 8 rings (SSSR count). The minimum atomic E-state index is -1.05. The van der Waals surface area contributed by atoms with E-state index in [4.69, 9.17) is 45.0 Å². The summed E-state index contributed by atoms with van der Waals surface area (Å²) in [4.78, 5) is 70.9. The van der Waals surface area contributed by atoms with E-state index in [0.29, 0.717) is 75.1 Å². The van der Waals surface area contributed by atoms with Crippen molar-refractivity contribution < 1.29 is 52.4 Å². The molecule has 20 heteroatoms. The number of aryl methyl sites for hydroxylation is 2. The number of carbonyl (C=O) groups is 5. The Morgan fingerprint density at radius 3 is 2.09 bits per heavy atom. The molecule has 3 aromatic carbocycles. The molecule has 0 spiro atoms. The van der Waals surface area contributed by atoms with Crippen molar-refractivity contribution in [2.75, 3.05) is 71.4 Å².